The van der Waals surface area contributed by atoms with Crippen molar-refractivity contribution < 1.29 is 17.9 Å². The first-order valence-electron chi connectivity index (χ1n) is 6.43. The number of hydrogen-bond donors (Lipinski definition) is 1. The van der Waals surface area contributed by atoms with Crippen LogP contribution in [0.5, 0.6) is 0 Å². The van der Waals surface area contributed by atoms with Gasteiger partial charge >= 0.3 is 5.97 Å². The van der Waals surface area contributed by atoms with Gasteiger partial charge in [-0.25, -0.2) is 22.9 Å². The van der Waals surface area contributed by atoms with Crippen LogP contribution in [0.3, 0.4) is 0 Å². The van der Waals surface area contributed by atoms with Gasteiger partial charge in [0.2, 0.25) is 10.0 Å². The maximum absolute atomic E-state index is 12.3. The maximum atomic E-state index is 12.3. The molecule has 0 unspecified atom stereocenters. The van der Waals surface area contributed by atoms with E-state index in [-0.39, 0.29) is 11.4 Å². The number of benzene rings is 1. The maximum Gasteiger partial charge on any atom is 0.337 e. The van der Waals surface area contributed by atoms with Crippen molar-refractivity contribution in [1.29, 1.82) is 0 Å². The molecule has 0 bridgehead atoms. The molecule has 118 valence electrons. The Morgan fingerprint density at radius 3 is 2.64 bits per heavy atom. The van der Waals surface area contributed by atoms with E-state index in [0.29, 0.717) is 16.1 Å². The third-order valence-corrected chi connectivity index (χ3v) is 5.49. The molecule has 0 spiro atoms. The van der Waals surface area contributed by atoms with Crippen molar-refractivity contribution in [3.63, 3.8) is 0 Å². The van der Waals surface area contributed by atoms with Crippen molar-refractivity contribution in [2.24, 2.45) is 0 Å². The Morgan fingerprint density at radius 1 is 1.36 bits per heavy atom. The number of esters is 1. The average molecular weight is 340 g/mol. The van der Waals surface area contributed by atoms with Gasteiger partial charge in [0.05, 0.1) is 24.1 Å². The highest BCUT2D eigenvalue weighted by Crippen LogP contribution is 2.18. The molecule has 1 N–H and O–H groups in total. The number of hydrogen-bond acceptors (Lipinski definition) is 6. The molecule has 8 heteroatoms. The molecule has 0 aliphatic rings. The highest BCUT2D eigenvalue weighted by Gasteiger charge is 2.18. The lowest BCUT2D eigenvalue weighted by Gasteiger charge is -2.09. The number of rotatable bonds is 5. The van der Waals surface area contributed by atoms with Crippen LogP contribution in [-0.4, -0.2) is 26.5 Å². The third kappa shape index (κ3) is 3.70. The SMILES string of the molecule is COC(=O)c1ccc(S(=O)(=O)NCc2nc(C)cs2)c(C)c1. The summed E-state index contributed by atoms with van der Waals surface area (Å²) in [5, 5.41) is 2.56. The number of aryl methyl sites for hydroxylation is 2. The molecule has 2 rings (SSSR count). The topological polar surface area (TPSA) is 85.4 Å². The smallest absolute Gasteiger partial charge is 0.337 e. The van der Waals surface area contributed by atoms with Gasteiger partial charge in [-0.3, -0.25) is 0 Å². The Labute approximate surface area is 133 Å². The molecule has 0 saturated heterocycles. The molecule has 6 nitrogen and oxygen atoms in total. The van der Waals surface area contributed by atoms with E-state index < -0.39 is 16.0 Å². The number of ether oxygens (including phenoxy) is 1. The van der Waals surface area contributed by atoms with Gasteiger partial charge in [0.1, 0.15) is 5.01 Å². The molecule has 2 aromatic rings. The van der Waals surface area contributed by atoms with Crippen LogP contribution in [0.2, 0.25) is 0 Å². The van der Waals surface area contributed by atoms with Gasteiger partial charge < -0.3 is 4.74 Å². The second-order valence-electron chi connectivity index (χ2n) is 4.68. The van der Waals surface area contributed by atoms with Gasteiger partial charge in [-0.05, 0) is 37.6 Å². The molecule has 0 amide bonds. The van der Waals surface area contributed by atoms with E-state index >= 15 is 0 Å². The molecule has 1 aromatic heterocycles. The second kappa shape index (κ2) is 6.55. The van der Waals surface area contributed by atoms with E-state index in [1.807, 2.05) is 12.3 Å². The number of nitrogens with zero attached hydrogens (tertiary/aromatic N) is 1. The highest BCUT2D eigenvalue weighted by atomic mass is 32.2. The van der Waals surface area contributed by atoms with Crippen LogP contribution in [0.4, 0.5) is 0 Å². The lowest BCUT2D eigenvalue weighted by Crippen LogP contribution is -2.24. The quantitative estimate of drug-likeness (QED) is 0.842. The Morgan fingerprint density at radius 2 is 2.09 bits per heavy atom. The number of nitrogens with one attached hydrogen (secondary N) is 1. The van der Waals surface area contributed by atoms with Crippen LogP contribution < -0.4 is 4.72 Å². The molecule has 0 aliphatic heterocycles. The van der Waals surface area contributed by atoms with Crippen LogP contribution in [0.1, 0.15) is 26.6 Å². The minimum atomic E-state index is -3.66. The van der Waals surface area contributed by atoms with Gasteiger partial charge in [-0.15, -0.1) is 11.3 Å². The summed E-state index contributed by atoms with van der Waals surface area (Å²) in [5.74, 6) is -0.502. The predicted octanol–water partition coefficient (Wildman–Crippen LogP) is 2.03. The molecular weight excluding hydrogens is 324 g/mol. The summed E-state index contributed by atoms with van der Waals surface area (Å²) in [6.45, 7) is 3.62. The van der Waals surface area contributed by atoms with Crippen molar-refractivity contribution in [2.75, 3.05) is 7.11 Å². The standard InChI is InChI=1S/C14H16N2O4S2/c1-9-6-11(14(17)20-3)4-5-12(9)22(18,19)15-7-13-16-10(2)8-21-13/h4-6,8,15H,7H2,1-3H3. The van der Waals surface area contributed by atoms with Gasteiger partial charge in [0.25, 0.3) is 0 Å². The minimum Gasteiger partial charge on any atom is -0.465 e. The summed E-state index contributed by atoms with van der Waals surface area (Å²) >= 11 is 1.40. The van der Waals surface area contributed by atoms with E-state index in [1.54, 1.807) is 6.92 Å². The lowest BCUT2D eigenvalue weighted by atomic mass is 10.1. The first-order valence-corrected chi connectivity index (χ1v) is 8.79. The van der Waals surface area contributed by atoms with E-state index in [4.69, 9.17) is 0 Å². The third-order valence-electron chi connectivity index (χ3n) is 2.97. The Bertz CT molecular complexity index is 797. The fourth-order valence-electron chi connectivity index (χ4n) is 1.91. The molecular formula is C14H16N2O4S2. The first-order chi connectivity index (χ1) is 10.3. The van der Waals surface area contributed by atoms with Crippen LogP contribution in [-0.2, 0) is 21.3 Å². The number of sulfonamides is 1. The number of carbonyl (C=O) groups excluding carboxylic acids is 1. The van der Waals surface area contributed by atoms with Crippen molar-refractivity contribution in [2.45, 2.75) is 25.3 Å². The lowest BCUT2D eigenvalue weighted by molar-refractivity contribution is 0.0600. The van der Waals surface area contributed by atoms with Crippen molar-refractivity contribution >= 4 is 27.3 Å². The second-order valence-corrected chi connectivity index (χ2v) is 7.36. The van der Waals surface area contributed by atoms with Crippen LogP contribution >= 0.6 is 11.3 Å². The summed E-state index contributed by atoms with van der Waals surface area (Å²) in [5.41, 5.74) is 1.65. The zero-order valence-electron chi connectivity index (χ0n) is 12.4. The van der Waals surface area contributed by atoms with Crippen LogP contribution in [0, 0.1) is 13.8 Å². The normalized spacial score (nSPS) is 11.4. The summed E-state index contributed by atoms with van der Waals surface area (Å²) in [6.07, 6.45) is 0. The van der Waals surface area contributed by atoms with E-state index in [9.17, 15) is 13.2 Å². The molecule has 0 atom stereocenters. The van der Waals surface area contributed by atoms with E-state index in [0.717, 1.165) is 5.69 Å². The molecule has 0 radical (unpaired) electrons. The van der Waals surface area contributed by atoms with Crippen molar-refractivity contribution in [3.8, 4) is 0 Å². The van der Waals surface area contributed by atoms with Crippen molar-refractivity contribution in [3.05, 3.63) is 45.4 Å². The minimum absolute atomic E-state index is 0.133. The largest absolute Gasteiger partial charge is 0.465 e. The Hall–Kier alpha value is -1.77. The number of aromatic nitrogens is 1. The monoisotopic (exact) mass is 340 g/mol. The fraction of sp³-hybridized carbons (Fsp3) is 0.286. The molecule has 0 saturated carbocycles. The zero-order valence-corrected chi connectivity index (χ0v) is 14.0. The Kier molecular flexibility index (Phi) is 4.94. The molecule has 1 aromatic carbocycles. The summed E-state index contributed by atoms with van der Waals surface area (Å²) in [4.78, 5) is 15.8. The van der Waals surface area contributed by atoms with E-state index in [2.05, 4.69) is 14.4 Å². The summed E-state index contributed by atoms with van der Waals surface area (Å²) in [7, 11) is -2.39. The number of carbonyl (C=O) groups is 1. The molecule has 22 heavy (non-hydrogen) atoms. The molecule has 0 aliphatic carbocycles. The predicted molar refractivity (Wildman–Crippen MR) is 83.4 cm³/mol. The van der Waals surface area contributed by atoms with Crippen molar-refractivity contribution in [1.82, 2.24) is 9.71 Å². The number of thiazole rings is 1. The summed E-state index contributed by atoms with van der Waals surface area (Å²) < 4.78 is 31.8. The van der Waals surface area contributed by atoms with Gasteiger partial charge in [0.15, 0.2) is 0 Å². The van der Waals surface area contributed by atoms with Crippen LogP contribution in [0.25, 0.3) is 0 Å². The molecule has 0 fully saturated rings. The fourth-order valence-corrected chi connectivity index (χ4v) is 3.93. The number of methoxy groups -OCH3 is 1. The van der Waals surface area contributed by atoms with E-state index in [1.165, 1.54) is 36.6 Å². The molecule has 1 heterocycles. The van der Waals surface area contributed by atoms with Gasteiger partial charge in [-0.2, -0.15) is 0 Å². The first kappa shape index (κ1) is 16.6. The average Bonchev–Trinajstić information content (AvgIpc) is 2.89. The zero-order chi connectivity index (χ0) is 16.3. The summed E-state index contributed by atoms with van der Waals surface area (Å²) in [6, 6.07) is 4.33. The van der Waals surface area contributed by atoms with Gasteiger partial charge in [0, 0.05) is 11.1 Å². The van der Waals surface area contributed by atoms with Gasteiger partial charge in [-0.1, -0.05) is 0 Å². The Balaban J connectivity index is 2.20. The highest BCUT2D eigenvalue weighted by molar-refractivity contribution is 7.89. The van der Waals surface area contributed by atoms with Crippen LogP contribution in [0.15, 0.2) is 28.5 Å².